The number of nitrogens with one attached hydrogen (secondary N) is 1. The zero-order valence-corrected chi connectivity index (χ0v) is 12.4. The zero-order valence-electron chi connectivity index (χ0n) is 11.6. The Bertz CT molecular complexity index is 704. The molecule has 1 aromatic carbocycles. The monoisotopic (exact) mass is 296 g/mol. The molecule has 5 heteroatoms. The molecule has 3 rings (SSSR count). The third kappa shape index (κ3) is 2.18. The molecule has 0 aliphatic heterocycles. The van der Waals surface area contributed by atoms with Crippen LogP contribution in [0.15, 0.2) is 12.1 Å². The highest BCUT2D eigenvalue weighted by Gasteiger charge is 2.28. The largest absolute Gasteiger partial charge is 0.328 e. The summed E-state index contributed by atoms with van der Waals surface area (Å²) in [5.41, 5.74) is 0.848. The second kappa shape index (κ2) is 4.95. The molecule has 108 valence electrons. The van der Waals surface area contributed by atoms with Crippen LogP contribution in [0.1, 0.15) is 39.2 Å². The van der Waals surface area contributed by atoms with Gasteiger partial charge >= 0.3 is 0 Å². The Kier molecular flexibility index (Phi) is 3.40. The van der Waals surface area contributed by atoms with Gasteiger partial charge in [-0.05, 0) is 49.4 Å². The maximum Gasteiger partial charge on any atom is 0.178 e. The summed E-state index contributed by atoms with van der Waals surface area (Å²) in [6, 6.07) is 2.48. The molecular formula is C15H18F2N2S. The number of hydrogen-bond donors (Lipinski definition) is 1. The topological polar surface area (TPSA) is 20.7 Å². The summed E-state index contributed by atoms with van der Waals surface area (Å²) in [4.78, 5) is 2.89. The van der Waals surface area contributed by atoms with Crippen LogP contribution >= 0.6 is 12.2 Å². The third-order valence-corrected chi connectivity index (χ3v) is 4.76. The van der Waals surface area contributed by atoms with Crippen molar-refractivity contribution in [2.75, 3.05) is 0 Å². The van der Waals surface area contributed by atoms with E-state index in [-0.39, 0.29) is 6.04 Å². The van der Waals surface area contributed by atoms with Crippen LogP contribution in [0, 0.1) is 28.2 Å². The molecule has 3 atom stereocenters. The second-order valence-electron chi connectivity index (χ2n) is 6.04. The summed E-state index contributed by atoms with van der Waals surface area (Å²) >= 11 is 5.34. The lowest BCUT2D eigenvalue weighted by atomic mass is 9.79. The molecule has 1 aliphatic carbocycles. The minimum Gasteiger partial charge on any atom is -0.328 e. The zero-order chi connectivity index (χ0) is 14.4. The van der Waals surface area contributed by atoms with Crippen LogP contribution in [0.4, 0.5) is 8.78 Å². The lowest BCUT2D eigenvalue weighted by Gasteiger charge is -2.33. The van der Waals surface area contributed by atoms with Gasteiger partial charge in [0.2, 0.25) is 0 Å². The number of aromatic nitrogens is 2. The lowest BCUT2D eigenvalue weighted by Crippen LogP contribution is -2.24. The molecular weight excluding hydrogens is 278 g/mol. The van der Waals surface area contributed by atoms with E-state index in [2.05, 4.69) is 18.8 Å². The summed E-state index contributed by atoms with van der Waals surface area (Å²) < 4.78 is 29.7. The van der Waals surface area contributed by atoms with Gasteiger partial charge in [0.05, 0.1) is 5.52 Å². The van der Waals surface area contributed by atoms with Crippen LogP contribution < -0.4 is 0 Å². The highest BCUT2D eigenvalue weighted by molar-refractivity contribution is 7.71. The van der Waals surface area contributed by atoms with Gasteiger partial charge in [0.1, 0.15) is 11.3 Å². The number of H-pyrrole nitrogens is 1. The van der Waals surface area contributed by atoms with Gasteiger partial charge in [-0.25, -0.2) is 8.78 Å². The van der Waals surface area contributed by atoms with Crippen molar-refractivity contribution in [2.24, 2.45) is 11.8 Å². The fourth-order valence-corrected chi connectivity index (χ4v) is 3.85. The van der Waals surface area contributed by atoms with E-state index in [4.69, 9.17) is 12.2 Å². The first-order chi connectivity index (χ1) is 9.47. The van der Waals surface area contributed by atoms with Crippen molar-refractivity contribution in [2.45, 2.75) is 39.2 Å². The predicted octanol–water partition coefficient (Wildman–Crippen LogP) is 4.97. The van der Waals surface area contributed by atoms with Crippen LogP contribution in [0.3, 0.4) is 0 Å². The number of nitrogens with zero attached hydrogens (tertiary/aromatic N) is 1. The molecule has 1 heterocycles. The van der Waals surface area contributed by atoms with E-state index in [0.717, 1.165) is 25.3 Å². The Hall–Kier alpha value is -1.23. The maximum atomic E-state index is 13.8. The van der Waals surface area contributed by atoms with E-state index in [9.17, 15) is 8.78 Å². The van der Waals surface area contributed by atoms with Gasteiger partial charge in [-0.3, -0.25) is 0 Å². The van der Waals surface area contributed by atoms with Crippen LogP contribution in [-0.4, -0.2) is 9.55 Å². The number of aromatic amines is 1. The van der Waals surface area contributed by atoms with Gasteiger partial charge in [-0.1, -0.05) is 13.8 Å². The summed E-state index contributed by atoms with van der Waals surface area (Å²) in [5.74, 6) is 0.0149. The van der Waals surface area contributed by atoms with Crippen molar-refractivity contribution in [1.82, 2.24) is 9.55 Å². The summed E-state index contributed by atoms with van der Waals surface area (Å²) in [6.45, 7) is 4.44. The Morgan fingerprint density at radius 2 is 2.00 bits per heavy atom. The average Bonchev–Trinajstić information content (AvgIpc) is 2.67. The number of fused-ring (bicyclic) bond motifs is 1. The van der Waals surface area contributed by atoms with Crippen LogP contribution in [0.5, 0.6) is 0 Å². The smallest absolute Gasteiger partial charge is 0.178 e. The van der Waals surface area contributed by atoms with E-state index in [1.165, 1.54) is 6.07 Å². The molecule has 0 radical (unpaired) electrons. The number of rotatable bonds is 1. The summed E-state index contributed by atoms with van der Waals surface area (Å²) in [7, 11) is 0. The average molecular weight is 296 g/mol. The Balaban J connectivity index is 2.16. The minimum atomic E-state index is -0.582. The van der Waals surface area contributed by atoms with Gasteiger partial charge in [0.15, 0.2) is 10.6 Å². The first kappa shape index (κ1) is 13.7. The van der Waals surface area contributed by atoms with Crippen molar-refractivity contribution in [1.29, 1.82) is 0 Å². The molecule has 0 spiro atoms. The molecule has 1 fully saturated rings. The van der Waals surface area contributed by atoms with Gasteiger partial charge in [-0.2, -0.15) is 0 Å². The SMILES string of the molecule is CC1CCC(n2c(=S)[nH]c3c(F)cc(F)cc32)C(C)C1. The van der Waals surface area contributed by atoms with Gasteiger partial charge in [0.25, 0.3) is 0 Å². The predicted molar refractivity (Wildman–Crippen MR) is 78.3 cm³/mol. The molecule has 2 aromatic rings. The molecule has 3 unspecified atom stereocenters. The Morgan fingerprint density at radius 3 is 2.70 bits per heavy atom. The van der Waals surface area contributed by atoms with E-state index < -0.39 is 11.6 Å². The van der Waals surface area contributed by atoms with E-state index in [1.807, 2.05) is 4.57 Å². The number of halogens is 2. The van der Waals surface area contributed by atoms with Crippen LogP contribution in [-0.2, 0) is 0 Å². The summed E-state index contributed by atoms with van der Waals surface area (Å²) in [5, 5.41) is 0. The molecule has 2 nitrogen and oxygen atoms in total. The van der Waals surface area contributed by atoms with E-state index >= 15 is 0 Å². The minimum absolute atomic E-state index is 0.216. The molecule has 1 saturated carbocycles. The Labute approximate surface area is 121 Å². The van der Waals surface area contributed by atoms with Crippen LogP contribution in [0.2, 0.25) is 0 Å². The van der Waals surface area contributed by atoms with Crippen molar-refractivity contribution < 1.29 is 8.78 Å². The fraction of sp³-hybridized carbons (Fsp3) is 0.533. The Morgan fingerprint density at radius 1 is 1.25 bits per heavy atom. The molecule has 0 amide bonds. The highest BCUT2D eigenvalue weighted by atomic mass is 32.1. The normalized spacial score (nSPS) is 27.1. The van der Waals surface area contributed by atoms with Crippen molar-refractivity contribution in [3.05, 3.63) is 28.5 Å². The number of imidazole rings is 1. The quantitative estimate of drug-likeness (QED) is 0.736. The van der Waals surface area contributed by atoms with Gasteiger partial charge < -0.3 is 9.55 Å². The van der Waals surface area contributed by atoms with Crippen molar-refractivity contribution >= 4 is 23.3 Å². The first-order valence-electron chi connectivity index (χ1n) is 7.06. The molecule has 20 heavy (non-hydrogen) atoms. The fourth-order valence-electron chi connectivity index (χ4n) is 3.51. The molecule has 1 aromatic heterocycles. The first-order valence-corrected chi connectivity index (χ1v) is 7.47. The highest BCUT2D eigenvalue weighted by Crippen LogP contribution is 2.38. The van der Waals surface area contributed by atoms with E-state index in [0.29, 0.717) is 27.6 Å². The van der Waals surface area contributed by atoms with Gasteiger partial charge in [0, 0.05) is 12.1 Å². The number of hydrogen-bond acceptors (Lipinski definition) is 1. The van der Waals surface area contributed by atoms with E-state index in [1.54, 1.807) is 0 Å². The second-order valence-corrected chi connectivity index (χ2v) is 6.43. The number of benzene rings is 1. The summed E-state index contributed by atoms with van der Waals surface area (Å²) in [6.07, 6.45) is 3.25. The molecule has 1 aliphatic rings. The third-order valence-electron chi connectivity index (χ3n) is 4.46. The van der Waals surface area contributed by atoms with Gasteiger partial charge in [-0.15, -0.1) is 0 Å². The van der Waals surface area contributed by atoms with Crippen LogP contribution in [0.25, 0.3) is 11.0 Å². The molecule has 0 saturated heterocycles. The molecule has 1 N–H and O–H groups in total. The van der Waals surface area contributed by atoms with Crippen molar-refractivity contribution in [3.63, 3.8) is 0 Å². The molecule has 0 bridgehead atoms. The standard InChI is InChI=1S/C15H18F2N2S/c1-8-3-4-12(9(2)5-8)19-13-7-10(16)6-11(17)14(13)18-15(19)20/h6-9,12H,3-5H2,1-2H3,(H,18,20). The maximum absolute atomic E-state index is 13.8. The van der Waals surface area contributed by atoms with Crippen molar-refractivity contribution in [3.8, 4) is 0 Å². The lowest BCUT2D eigenvalue weighted by molar-refractivity contribution is 0.210.